The van der Waals surface area contributed by atoms with Crippen LogP contribution in [0.15, 0.2) is 18.2 Å². The zero-order chi connectivity index (χ0) is 14.7. The van der Waals surface area contributed by atoms with Crippen molar-refractivity contribution < 1.29 is 4.79 Å². The molecule has 2 rings (SSSR count). The average molecular weight is 291 g/mol. The Labute approximate surface area is 123 Å². The molecule has 0 aliphatic rings. The number of rotatable bonds is 5. The van der Waals surface area contributed by atoms with Gasteiger partial charge in [0.05, 0.1) is 5.69 Å². The molecular formula is C15H21N3OS. The van der Waals surface area contributed by atoms with Crippen LogP contribution in [0.3, 0.4) is 0 Å². The molecule has 0 aliphatic heterocycles. The van der Waals surface area contributed by atoms with Crippen LogP contribution in [0.2, 0.25) is 0 Å². The molecular weight excluding hydrogens is 270 g/mol. The molecule has 0 aromatic carbocycles. The van der Waals surface area contributed by atoms with Crippen LogP contribution in [0, 0.1) is 13.8 Å². The zero-order valence-corrected chi connectivity index (χ0v) is 13.3. The predicted octanol–water partition coefficient (Wildman–Crippen LogP) is 2.94. The number of hydrogen-bond donors (Lipinski definition) is 1. The highest BCUT2D eigenvalue weighted by molar-refractivity contribution is 7.11. The SMILES string of the molecule is CCn1nc(C)cc1C(=O)N[C@@H](C)Cc1ccc(C)s1. The van der Waals surface area contributed by atoms with E-state index in [1.165, 1.54) is 9.75 Å². The van der Waals surface area contributed by atoms with E-state index in [1.807, 2.05) is 26.8 Å². The zero-order valence-electron chi connectivity index (χ0n) is 12.4. The van der Waals surface area contributed by atoms with Crippen molar-refractivity contribution in [2.45, 2.75) is 46.7 Å². The maximum atomic E-state index is 12.3. The highest BCUT2D eigenvalue weighted by Gasteiger charge is 2.15. The van der Waals surface area contributed by atoms with Crippen LogP contribution < -0.4 is 5.32 Å². The van der Waals surface area contributed by atoms with E-state index in [-0.39, 0.29) is 11.9 Å². The second kappa shape index (κ2) is 6.22. The van der Waals surface area contributed by atoms with Crippen molar-refractivity contribution >= 4 is 17.2 Å². The van der Waals surface area contributed by atoms with Crippen LogP contribution in [-0.2, 0) is 13.0 Å². The third-order valence-electron chi connectivity index (χ3n) is 3.12. The van der Waals surface area contributed by atoms with Gasteiger partial charge < -0.3 is 5.32 Å². The fourth-order valence-electron chi connectivity index (χ4n) is 2.21. The highest BCUT2D eigenvalue weighted by atomic mass is 32.1. The van der Waals surface area contributed by atoms with Crippen molar-refractivity contribution in [3.05, 3.63) is 39.3 Å². The van der Waals surface area contributed by atoms with Crippen molar-refractivity contribution in [1.29, 1.82) is 0 Å². The average Bonchev–Trinajstić information content (AvgIpc) is 2.95. The number of aryl methyl sites for hydroxylation is 3. The van der Waals surface area contributed by atoms with E-state index >= 15 is 0 Å². The summed E-state index contributed by atoms with van der Waals surface area (Å²) in [5.74, 6) is -0.0479. The van der Waals surface area contributed by atoms with Gasteiger partial charge in [0.2, 0.25) is 0 Å². The summed E-state index contributed by atoms with van der Waals surface area (Å²) in [5, 5.41) is 7.35. The first-order chi connectivity index (χ1) is 9.49. The van der Waals surface area contributed by atoms with E-state index in [2.05, 4.69) is 29.5 Å². The van der Waals surface area contributed by atoms with Gasteiger partial charge in [-0.1, -0.05) is 0 Å². The summed E-state index contributed by atoms with van der Waals surface area (Å²) >= 11 is 1.78. The number of amides is 1. The summed E-state index contributed by atoms with van der Waals surface area (Å²) in [7, 11) is 0. The Kier molecular flexibility index (Phi) is 4.60. The summed E-state index contributed by atoms with van der Waals surface area (Å²) in [6, 6.07) is 6.19. The lowest BCUT2D eigenvalue weighted by Crippen LogP contribution is -2.35. The van der Waals surface area contributed by atoms with E-state index in [0.717, 1.165) is 12.1 Å². The third-order valence-corrected chi connectivity index (χ3v) is 4.14. The van der Waals surface area contributed by atoms with Gasteiger partial charge >= 0.3 is 0 Å². The lowest BCUT2D eigenvalue weighted by Gasteiger charge is -2.13. The predicted molar refractivity (Wildman–Crippen MR) is 82.3 cm³/mol. The molecule has 0 spiro atoms. The Hall–Kier alpha value is -1.62. The smallest absolute Gasteiger partial charge is 0.269 e. The number of thiophene rings is 1. The molecule has 0 fully saturated rings. The van der Waals surface area contributed by atoms with E-state index < -0.39 is 0 Å². The van der Waals surface area contributed by atoms with Gasteiger partial charge in [0.25, 0.3) is 5.91 Å². The van der Waals surface area contributed by atoms with E-state index in [4.69, 9.17) is 0 Å². The van der Waals surface area contributed by atoms with Crippen molar-refractivity contribution in [1.82, 2.24) is 15.1 Å². The summed E-state index contributed by atoms with van der Waals surface area (Å²) in [6.45, 7) is 8.73. The largest absolute Gasteiger partial charge is 0.348 e. The van der Waals surface area contributed by atoms with Crippen molar-refractivity contribution in [2.75, 3.05) is 0 Å². The molecule has 0 radical (unpaired) electrons. The molecule has 0 unspecified atom stereocenters. The van der Waals surface area contributed by atoms with Gasteiger partial charge in [0.15, 0.2) is 0 Å². The fourth-order valence-corrected chi connectivity index (χ4v) is 3.23. The van der Waals surface area contributed by atoms with Crippen LogP contribution in [0.25, 0.3) is 0 Å². The van der Waals surface area contributed by atoms with Crippen molar-refractivity contribution in [3.8, 4) is 0 Å². The van der Waals surface area contributed by atoms with Gasteiger partial charge in [0, 0.05) is 28.8 Å². The Balaban J connectivity index is 1.99. The molecule has 5 heteroatoms. The topological polar surface area (TPSA) is 46.9 Å². The number of nitrogens with one attached hydrogen (secondary N) is 1. The molecule has 0 bridgehead atoms. The second-order valence-electron chi connectivity index (χ2n) is 5.08. The lowest BCUT2D eigenvalue weighted by molar-refractivity contribution is 0.0929. The van der Waals surface area contributed by atoms with Gasteiger partial charge in [-0.2, -0.15) is 5.10 Å². The standard InChI is InChI=1S/C15H21N3OS/c1-5-18-14(9-11(3)17-18)15(19)16-10(2)8-13-7-6-12(4)20-13/h6-7,9-10H,5,8H2,1-4H3,(H,16,19)/t10-/m0/s1. The molecule has 2 heterocycles. The second-order valence-corrected chi connectivity index (χ2v) is 6.45. The maximum Gasteiger partial charge on any atom is 0.269 e. The Bertz CT molecular complexity index is 600. The molecule has 2 aromatic rings. The summed E-state index contributed by atoms with van der Waals surface area (Å²) < 4.78 is 1.74. The van der Waals surface area contributed by atoms with Gasteiger partial charge in [-0.05, 0) is 45.9 Å². The summed E-state index contributed by atoms with van der Waals surface area (Å²) in [5.41, 5.74) is 1.51. The number of nitrogens with zero attached hydrogens (tertiary/aromatic N) is 2. The lowest BCUT2D eigenvalue weighted by atomic mass is 10.2. The number of carbonyl (C=O) groups excluding carboxylic acids is 1. The molecule has 2 aromatic heterocycles. The first kappa shape index (κ1) is 14.8. The number of aromatic nitrogens is 2. The molecule has 20 heavy (non-hydrogen) atoms. The van der Waals surface area contributed by atoms with Gasteiger partial charge in [-0.25, -0.2) is 0 Å². The first-order valence-electron chi connectivity index (χ1n) is 6.90. The highest BCUT2D eigenvalue weighted by Crippen LogP contribution is 2.16. The van der Waals surface area contributed by atoms with Crippen molar-refractivity contribution in [2.24, 2.45) is 0 Å². The van der Waals surface area contributed by atoms with Crippen LogP contribution in [0.1, 0.15) is 39.8 Å². The molecule has 0 saturated heterocycles. The maximum absolute atomic E-state index is 12.3. The molecule has 108 valence electrons. The quantitative estimate of drug-likeness (QED) is 0.920. The summed E-state index contributed by atoms with van der Waals surface area (Å²) in [4.78, 5) is 14.9. The van der Waals surface area contributed by atoms with Crippen LogP contribution in [0.4, 0.5) is 0 Å². The number of carbonyl (C=O) groups is 1. The first-order valence-corrected chi connectivity index (χ1v) is 7.72. The molecule has 1 N–H and O–H groups in total. The minimum atomic E-state index is -0.0479. The van der Waals surface area contributed by atoms with Crippen molar-refractivity contribution in [3.63, 3.8) is 0 Å². The van der Waals surface area contributed by atoms with E-state index in [0.29, 0.717) is 12.2 Å². The molecule has 1 atom stereocenters. The van der Waals surface area contributed by atoms with E-state index in [9.17, 15) is 4.79 Å². The summed E-state index contributed by atoms with van der Waals surface area (Å²) in [6.07, 6.45) is 0.865. The van der Waals surface area contributed by atoms with Crippen LogP contribution >= 0.6 is 11.3 Å². The van der Waals surface area contributed by atoms with Gasteiger partial charge in [0.1, 0.15) is 5.69 Å². The number of hydrogen-bond acceptors (Lipinski definition) is 3. The molecule has 0 saturated carbocycles. The molecule has 0 aliphatic carbocycles. The Morgan fingerprint density at radius 2 is 2.20 bits per heavy atom. The Morgan fingerprint density at radius 1 is 1.45 bits per heavy atom. The van der Waals surface area contributed by atoms with E-state index in [1.54, 1.807) is 16.0 Å². The van der Waals surface area contributed by atoms with Crippen LogP contribution in [-0.4, -0.2) is 21.7 Å². The monoisotopic (exact) mass is 291 g/mol. The normalized spacial score (nSPS) is 12.4. The molecule has 4 nitrogen and oxygen atoms in total. The third kappa shape index (κ3) is 3.48. The molecule has 1 amide bonds. The minimum Gasteiger partial charge on any atom is -0.348 e. The van der Waals surface area contributed by atoms with Gasteiger partial charge in [-0.3, -0.25) is 9.48 Å². The minimum absolute atomic E-state index is 0.0479. The Morgan fingerprint density at radius 3 is 2.80 bits per heavy atom. The van der Waals surface area contributed by atoms with Gasteiger partial charge in [-0.15, -0.1) is 11.3 Å². The fraction of sp³-hybridized carbons (Fsp3) is 0.467. The van der Waals surface area contributed by atoms with Crippen LogP contribution in [0.5, 0.6) is 0 Å².